The number of phenols is 1. The largest absolute Gasteiger partial charge is 0.508 e. The molecule has 2 N–H and O–H groups in total. The lowest BCUT2D eigenvalue weighted by Crippen LogP contribution is -2.33. The third-order valence-electron chi connectivity index (χ3n) is 3.45. The van der Waals surface area contributed by atoms with Crippen LogP contribution in [0.25, 0.3) is 0 Å². The molecule has 1 aromatic carbocycles. The molecule has 6 heteroatoms. The fourth-order valence-electron chi connectivity index (χ4n) is 2.48. The van der Waals surface area contributed by atoms with Gasteiger partial charge in [0.2, 0.25) is 0 Å². The van der Waals surface area contributed by atoms with Crippen LogP contribution in [0.4, 0.5) is 0 Å². The third-order valence-corrected chi connectivity index (χ3v) is 3.45. The summed E-state index contributed by atoms with van der Waals surface area (Å²) < 4.78 is 4.96. The molecule has 0 aliphatic carbocycles. The Balaban J connectivity index is 2.52. The van der Waals surface area contributed by atoms with Gasteiger partial charge in [-0.2, -0.15) is 0 Å². The molecular weight excluding hydrogens is 274 g/mol. The number of ether oxygens (including phenoxy) is 1. The number of aromatic hydroxyl groups is 1. The number of amides is 1. The van der Waals surface area contributed by atoms with Crippen molar-refractivity contribution >= 4 is 11.7 Å². The van der Waals surface area contributed by atoms with E-state index in [1.165, 1.54) is 25.0 Å². The molecule has 0 saturated carbocycles. The number of phenolic OH excluding ortho intramolecular Hbond substituents is 1. The van der Waals surface area contributed by atoms with Crippen LogP contribution in [0.3, 0.4) is 0 Å². The van der Waals surface area contributed by atoms with Crippen LogP contribution in [0, 0.1) is 0 Å². The first kappa shape index (κ1) is 15.1. The van der Waals surface area contributed by atoms with Crippen LogP contribution >= 0.6 is 0 Å². The molecule has 21 heavy (non-hydrogen) atoms. The highest BCUT2D eigenvalue weighted by atomic mass is 16.5. The fourth-order valence-corrected chi connectivity index (χ4v) is 2.48. The Hall–Kier alpha value is -2.34. The molecular formula is C15H17NO5. The number of hydrogen-bond acceptors (Lipinski definition) is 5. The number of ketones is 1. The average molecular weight is 291 g/mol. The maximum atomic E-state index is 12.1. The minimum Gasteiger partial charge on any atom is -0.508 e. The predicted octanol–water partition coefficient (Wildman–Crippen LogP) is 1.32. The first-order chi connectivity index (χ1) is 9.99. The zero-order chi connectivity index (χ0) is 15.6. The molecule has 1 aliphatic rings. The van der Waals surface area contributed by atoms with Gasteiger partial charge in [0, 0.05) is 19.2 Å². The maximum absolute atomic E-state index is 12.1. The second-order valence-electron chi connectivity index (χ2n) is 4.77. The van der Waals surface area contributed by atoms with Crippen LogP contribution in [-0.4, -0.2) is 47.1 Å². The van der Waals surface area contributed by atoms with Crippen molar-refractivity contribution in [2.75, 3.05) is 20.3 Å². The van der Waals surface area contributed by atoms with E-state index in [4.69, 9.17) is 4.74 Å². The van der Waals surface area contributed by atoms with Crippen molar-refractivity contribution in [1.82, 2.24) is 4.90 Å². The Labute approximate surface area is 122 Å². The molecule has 1 amide bonds. The molecule has 1 unspecified atom stereocenters. The number of Topliss-reactive ketones (excluding diaryl/α,β-unsaturated/α-hetero) is 1. The fraction of sp³-hybridized carbons (Fsp3) is 0.333. The molecule has 1 atom stereocenters. The lowest BCUT2D eigenvalue weighted by atomic mass is 9.96. The minimum atomic E-state index is -0.800. The van der Waals surface area contributed by atoms with E-state index in [9.17, 15) is 19.8 Å². The molecule has 2 rings (SSSR count). The minimum absolute atomic E-state index is 0.00222. The number of methoxy groups -OCH3 is 1. The Kier molecular flexibility index (Phi) is 4.28. The van der Waals surface area contributed by atoms with Gasteiger partial charge < -0.3 is 19.8 Å². The molecule has 0 bridgehead atoms. The molecule has 1 heterocycles. The standard InChI is InChI=1S/C15H17NO5/c1-9(17)12-13(10-5-3-4-6-11(10)18)16(7-8-21-2)15(20)14(12)19/h3-6,13,18-19H,7-8H2,1-2H3. The molecule has 0 radical (unpaired) electrons. The van der Waals surface area contributed by atoms with Gasteiger partial charge in [0.05, 0.1) is 18.2 Å². The van der Waals surface area contributed by atoms with Crippen LogP contribution in [0.2, 0.25) is 0 Å². The van der Waals surface area contributed by atoms with E-state index < -0.39 is 23.5 Å². The summed E-state index contributed by atoms with van der Waals surface area (Å²) in [7, 11) is 1.49. The van der Waals surface area contributed by atoms with Gasteiger partial charge in [-0.25, -0.2) is 0 Å². The third kappa shape index (κ3) is 2.62. The van der Waals surface area contributed by atoms with E-state index in [1.807, 2.05) is 0 Å². The van der Waals surface area contributed by atoms with Crippen LogP contribution in [0.15, 0.2) is 35.6 Å². The van der Waals surface area contributed by atoms with Gasteiger partial charge in [-0.15, -0.1) is 0 Å². The van der Waals surface area contributed by atoms with Gasteiger partial charge in [0.1, 0.15) is 5.75 Å². The maximum Gasteiger partial charge on any atom is 0.290 e. The summed E-state index contributed by atoms with van der Waals surface area (Å²) in [6.45, 7) is 1.75. The number of carbonyl (C=O) groups excluding carboxylic acids is 2. The van der Waals surface area contributed by atoms with Crippen molar-refractivity contribution in [3.05, 3.63) is 41.2 Å². The molecule has 1 aromatic rings. The van der Waals surface area contributed by atoms with Crippen molar-refractivity contribution in [2.45, 2.75) is 13.0 Å². The average Bonchev–Trinajstić information content (AvgIpc) is 2.69. The van der Waals surface area contributed by atoms with E-state index in [2.05, 4.69) is 0 Å². The highest BCUT2D eigenvalue weighted by Gasteiger charge is 2.42. The van der Waals surface area contributed by atoms with Crippen LogP contribution in [0.1, 0.15) is 18.5 Å². The Bertz CT molecular complexity index is 608. The molecule has 1 aliphatic heterocycles. The first-order valence-electron chi connectivity index (χ1n) is 6.51. The number of aliphatic hydroxyl groups is 1. The number of carbonyl (C=O) groups is 2. The lowest BCUT2D eigenvalue weighted by Gasteiger charge is -2.26. The van der Waals surface area contributed by atoms with Crippen molar-refractivity contribution in [1.29, 1.82) is 0 Å². The van der Waals surface area contributed by atoms with Crippen molar-refractivity contribution < 1.29 is 24.5 Å². The van der Waals surface area contributed by atoms with Crippen molar-refractivity contribution in [3.8, 4) is 5.75 Å². The van der Waals surface area contributed by atoms with E-state index in [-0.39, 0.29) is 24.5 Å². The summed E-state index contributed by atoms with van der Waals surface area (Å²) >= 11 is 0. The van der Waals surface area contributed by atoms with Crippen LogP contribution in [-0.2, 0) is 14.3 Å². The van der Waals surface area contributed by atoms with Gasteiger partial charge in [0.15, 0.2) is 11.5 Å². The number of para-hydroxylation sites is 1. The Morgan fingerprint density at radius 1 is 1.33 bits per heavy atom. The monoisotopic (exact) mass is 291 g/mol. The molecule has 112 valence electrons. The number of hydrogen-bond donors (Lipinski definition) is 2. The Morgan fingerprint density at radius 2 is 2.00 bits per heavy atom. The first-order valence-corrected chi connectivity index (χ1v) is 6.51. The normalized spacial score (nSPS) is 18.5. The van der Waals surface area contributed by atoms with Gasteiger partial charge in [0.25, 0.3) is 5.91 Å². The van der Waals surface area contributed by atoms with Gasteiger partial charge in [-0.1, -0.05) is 18.2 Å². The highest BCUT2D eigenvalue weighted by molar-refractivity contribution is 6.08. The van der Waals surface area contributed by atoms with Gasteiger partial charge >= 0.3 is 0 Å². The molecule has 6 nitrogen and oxygen atoms in total. The number of rotatable bonds is 5. The van der Waals surface area contributed by atoms with E-state index in [0.29, 0.717) is 5.56 Å². The highest BCUT2D eigenvalue weighted by Crippen LogP contribution is 2.40. The molecule has 0 fully saturated rings. The number of aliphatic hydroxyl groups excluding tert-OH is 1. The summed E-state index contributed by atoms with van der Waals surface area (Å²) in [4.78, 5) is 25.3. The quantitative estimate of drug-likeness (QED) is 0.854. The summed E-state index contributed by atoms with van der Waals surface area (Å²) in [6, 6.07) is 5.63. The van der Waals surface area contributed by atoms with Gasteiger partial charge in [-0.05, 0) is 13.0 Å². The van der Waals surface area contributed by atoms with Crippen molar-refractivity contribution in [3.63, 3.8) is 0 Å². The van der Waals surface area contributed by atoms with Gasteiger partial charge in [-0.3, -0.25) is 9.59 Å². The zero-order valence-electron chi connectivity index (χ0n) is 11.9. The van der Waals surface area contributed by atoms with E-state index in [0.717, 1.165) is 0 Å². The van der Waals surface area contributed by atoms with Crippen molar-refractivity contribution in [2.24, 2.45) is 0 Å². The van der Waals surface area contributed by atoms with E-state index in [1.54, 1.807) is 18.2 Å². The smallest absolute Gasteiger partial charge is 0.290 e. The molecule has 0 saturated heterocycles. The number of nitrogens with zero attached hydrogens (tertiary/aromatic N) is 1. The Morgan fingerprint density at radius 3 is 2.57 bits per heavy atom. The SMILES string of the molecule is COCCN1C(=O)C(O)=C(C(C)=O)C1c1ccccc1O. The second kappa shape index (κ2) is 5.97. The molecule has 0 aromatic heterocycles. The summed E-state index contributed by atoms with van der Waals surface area (Å²) in [5, 5.41) is 20.0. The number of benzene rings is 1. The lowest BCUT2D eigenvalue weighted by molar-refractivity contribution is -0.130. The predicted molar refractivity (Wildman–Crippen MR) is 74.8 cm³/mol. The van der Waals surface area contributed by atoms with Crippen LogP contribution in [0.5, 0.6) is 5.75 Å². The van der Waals surface area contributed by atoms with Crippen LogP contribution < -0.4 is 0 Å². The summed E-state index contributed by atoms with van der Waals surface area (Å²) in [5.74, 6) is -1.64. The van der Waals surface area contributed by atoms with E-state index >= 15 is 0 Å². The molecule has 0 spiro atoms. The topological polar surface area (TPSA) is 87.1 Å². The summed E-state index contributed by atoms with van der Waals surface area (Å²) in [6.07, 6.45) is 0. The zero-order valence-corrected chi connectivity index (χ0v) is 11.9. The second-order valence-corrected chi connectivity index (χ2v) is 4.77. The summed E-state index contributed by atoms with van der Waals surface area (Å²) in [5.41, 5.74) is 0.397.